The summed E-state index contributed by atoms with van der Waals surface area (Å²) in [6.45, 7) is 3.98. The molecule has 0 aliphatic carbocycles. The minimum Gasteiger partial charge on any atom is -0.465 e. The van der Waals surface area contributed by atoms with Crippen LogP contribution in [0.2, 0.25) is 0 Å². The Bertz CT molecular complexity index is 608. The molecule has 1 aromatic heterocycles. The van der Waals surface area contributed by atoms with Crippen molar-refractivity contribution in [3.8, 4) is 0 Å². The van der Waals surface area contributed by atoms with Crippen LogP contribution in [0, 0.1) is 0 Å². The molecule has 1 aliphatic heterocycles. The van der Waals surface area contributed by atoms with Crippen molar-refractivity contribution in [1.82, 2.24) is 4.90 Å². The Morgan fingerprint density at radius 1 is 1.33 bits per heavy atom. The van der Waals surface area contributed by atoms with Gasteiger partial charge in [-0.25, -0.2) is 4.79 Å². The van der Waals surface area contributed by atoms with Gasteiger partial charge in [0, 0.05) is 18.0 Å². The van der Waals surface area contributed by atoms with Crippen LogP contribution < -0.4 is 0 Å². The summed E-state index contributed by atoms with van der Waals surface area (Å²) in [7, 11) is 0. The predicted molar refractivity (Wildman–Crippen MR) is 84.2 cm³/mol. The molecule has 0 saturated carbocycles. The number of benzene rings is 1. The standard InChI is InChI=1S/C17H19NO2S/c1-2-20-17(19)16(13-6-4-3-5-7-13)18-10-8-15-14(12-18)9-11-21-15/h3-7,9,11,16H,2,8,10,12H2,1H3. The van der Waals surface area contributed by atoms with Crippen LogP contribution in [-0.4, -0.2) is 24.0 Å². The second kappa shape index (κ2) is 6.41. The van der Waals surface area contributed by atoms with Crippen molar-refractivity contribution in [1.29, 1.82) is 0 Å². The number of esters is 1. The first kappa shape index (κ1) is 14.3. The molecule has 2 aromatic rings. The Morgan fingerprint density at radius 2 is 2.14 bits per heavy atom. The van der Waals surface area contributed by atoms with Crippen LogP contribution in [0.5, 0.6) is 0 Å². The molecule has 2 heterocycles. The highest BCUT2D eigenvalue weighted by molar-refractivity contribution is 7.10. The quantitative estimate of drug-likeness (QED) is 0.811. The van der Waals surface area contributed by atoms with Crippen molar-refractivity contribution in [2.24, 2.45) is 0 Å². The van der Waals surface area contributed by atoms with E-state index >= 15 is 0 Å². The summed E-state index contributed by atoms with van der Waals surface area (Å²) >= 11 is 1.81. The van der Waals surface area contributed by atoms with Crippen molar-refractivity contribution in [3.05, 3.63) is 57.8 Å². The molecule has 4 heteroatoms. The fourth-order valence-corrected chi connectivity index (χ4v) is 3.73. The van der Waals surface area contributed by atoms with E-state index < -0.39 is 0 Å². The maximum absolute atomic E-state index is 12.4. The summed E-state index contributed by atoms with van der Waals surface area (Å²) in [5, 5.41) is 2.13. The Hall–Kier alpha value is -1.65. The van der Waals surface area contributed by atoms with Gasteiger partial charge in [-0.15, -0.1) is 11.3 Å². The highest BCUT2D eigenvalue weighted by atomic mass is 32.1. The van der Waals surface area contributed by atoms with Crippen LogP contribution in [0.15, 0.2) is 41.8 Å². The number of rotatable bonds is 4. The van der Waals surface area contributed by atoms with Gasteiger partial charge in [0.05, 0.1) is 6.61 Å². The van der Waals surface area contributed by atoms with E-state index in [9.17, 15) is 4.79 Å². The van der Waals surface area contributed by atoms with E-state index in [1.165, 1.54) is 10.4 Å². The molecular weight excluding hydrogens is 282 g/mol. The minimum absolute atomic E-state index is 0.151. The molecule has 110 valence electrons. The third-order valence-electron chi connectivity index (χ3n) is 3.83. The number of ether oxygens (including phenoxy) is 1. The van der Waals surface area contributed by atoms with Crippen molar-refractivity contribution < 1.29 is 9.53 Å². The van der Waals surface area contributed by atoms with Crippen molar-refractivity contribution in [2.75, 3.05) is 13.2 Å². The van der Waals surface area contributed by atoms with Crippen LogP contribution in [0.3, 0.4) is 0 Å². The molecule has 1 aliphatic rings. The van der Waals surface area contributed by atoms with Gasteiger partial charge in [-0.1, -0.05) is 30.3 Å². The summed E-state index contributed by atoms with van der Waals surface area (Å²) in [5.74, 6) is -0.151. The lowest BCUT2D eigenvalue weighted by molar-refractivity contribution is -0.150. The lowest BCUT2D eigenvalue weighted by atomic mass is 10.0. The lowest BCUT2D eigenvalue weighted by Crippen LogP contribution is -2.38. The Balaban J connectivity index is 1.88. The van der Waals surface area contributed by atoms with E-state index in [4.69, 9.17) is 4.74 Å². The number of nitrogens with zero attached hydrogens (tertiary/aromatic N) is 1. The number of hydrogen-bond donors (Lipinski definition) is 0. The molecule has 3 nitrogen and oxygen atoms in total. The van der Waals surface area contributed by atoms with Gasteiger partial charge < -0.3 is 4.74 Å². The number of fused-ring (bicyclic) bond motifs is 1. The number of carbonyl (C=O) groups is 1. The molecule has 0 N–H and O–H groups in total. The van der Waals surface area contributed by atoms with E-state index in [1.807, 2.05) is 48.6 Å². The zero-order valence-corrected chi connectivity index (χ0v) is 12.9. The lowest BCUT2D eigenvalue weighted by Gasteiger charge is -2.33. The topological polar surface area (TPSA) is 29.5 Å². The van der Waals surface area contributed by atoms with E-state index in [2.05, 4.69) is 16.3 Å². The summed E-state index contributed by atoms with van der Waals surface area (Å²) < 4.78 is 5.30. The molecule has 1 unspecified atom stereocenters. The average molecular weight is 301 g/mol. The van der Waals surface area contributed by atoms with Crippen LogP contribution in [0.4, 0.5) is 0 Å². The summed E-state index contributed by atoms with van der Waals surface area (Å²) in [6, 6.07) is 11.8. The molecule has 3 rings (SSSR count). The third kappa shape index (κ3) is 3.01. The molecule has 0 fully saturated rings. The van der Waals surface area contributed by atoms with Crippen LogP contribution in [0.25, 0.3) is 0 Å². The molecule has 0 saturated heterocycles. The summed E-state index contributed by atoms with van der Waals surface area (Å²) in [5.41, 5.74) is 2.35. The predicted octanol–water partition coefficient (Wildman–Crippen LogP) is 3.41. The molecule has 0 amide bonds. The maximum atomic E-state index is 12.4. The first-order valence-electron chi connectivity index (χ1n) is 7.30. The van der Waals surface area contributed by atoms with Gasteiger partial charge in [0.25, 0.3) is 0 Å². The van der Waals surface area contributed by atoms with Crippen molar-refractivity contribution >= 4 is 17.3 Å². The van der Waals surface area contributed by atoms with E-state index in [-0.39, 0.29) is 12.0 Å². The van der Waals surface area contributed by atoms with E-state index in [0.717, 1.165) is 25.1 Å². The summed E-state index contributed by atoms with van der Waals surface area (Å²) in [4.78, 5) is 16.1. The molecule has 1 atom stereocenters. The number of hydrogen-bond acceptors (Lipinski definition) is 4. The second-order valence-electron chi connectivity index (χ2n) is 5.15. The highest BCUT2D eigenvalue weighted by Crippen LogP contribution is 2.31. The third-order valence-corrected chi connectivity index (χ3v) is 4.85. The van der Waals surface area contributed by atoms with Crippen molar-refractivity contribution in [3.63, 3.8) is 0 Å². The van der Waals surface area contributed by atoms with Gasteiger partial charge in [0.15, 0.2) is 0 Å². The SMILES string of the molecule is CCOC(=O)C(c1ccccc1)N1CCc2sccc2C1. The minimum atomic E-state index is -0.306. The normalized spacial score (nSPS) is 16.2. The van der Waals surface area contributed by atoms with Gasteiger partial charge in [0.1, 0.15) is 6.04 Å². The smallest absolute Gasteiger partial charge is 0.328 e. The zero-order valence-electron chi connectivity index (χ0n) is 12.1. The number of carbonyl (C=O) groups excluding carboxylic acids is 1. The second-order valence-corrected chi connectivity index (χ2v) is 6.16. The highest BCUT2D eigenvalue weighted by Gasteiger charge is 2.31. The van der Waals surface area contributed by atoms with Gasteiger partial charge in [-0.3, -0.25) is 4.90 Å². The fraction of sp³-hybridized carbons (Fsp3) is 0.353. The fourth-order valence-electron chi connectivity index (χ4n) is 2.84. The molecule has 0 bridgehead atoms. The van der Waals surface area contributed by atoms with E-state index in [1.54, 1.807) is 0 Å². The van der Waals surface area contributed by atoms with E-state index in [0.29, 0.717) is 6.61 Å². The first-order chi connectivity index (χ1) is 10.3. The molecule has 1 aromatic carbocycles. The van der Waals surface area contributed by atoms with Crippen LogP contribution in [0.1, 0.15) is 29.0 Å². The van der Waals surface area contributed by atoms with Crippen molar-refractivity contribution in [2.45, 2.75) is 25.9 Å². The molecule has 21 heavy (non-hydrogen) atoms. The van der Waals surface area contributed by atoms with Gasteiger partial charge in [-0.05, 0) is 35.9 Å². The maximum Gasteiger partial charge on any atom is 0.328 e. The molecular formula is C17H19NO2S. The zero-order chi connectivity index (χ0) is 14.7. The number of thiophene rings is 1. The van der Waals surface area contributed by atoms with Crippen LogP contribution in [-0.2, 0) is 22.5 Å². The van der Waals surface area contributed by atoms with Gasteiger partial charge in [-0.2, -0.15) is 0 Å². The molecule has 0 radical (unpaired) electrons. The van der Waals surface area contributed by atoms with Crippen LogP contribution >= 0.6 is 11.3 Å². The Labute approximate surface area is 129 Å². The van der Waals surface area contributed by atoms with Gasteiger partial charge >= 0.3 is 5.97 Å². The summed E-state index contributed by atoms with van der Waals surface area (Å²) in [6.07, 6.45) is 1.01. The monoisotopic (exact) mass is 301 g/mol. The largest absolute Gasteiger partial charge is 0.465 e. The Kier molecular flexibility index (Phi) is 4.36. The molecule has 0 spiro atoms. The van der Waals surface area contributed by atoms with Gasteiger partial charge in [0.2, 0.25) is 0 Å². The average Bonchev–Trinajstić information content (AvgIpc) is 2.96. The first-order valence-corrected chi connectivity index (χ1v) is 8.18. The Morgan fingerprint density at radius 3 is 2.90 bits per heavy atom.